The number of rotatable bonds is 8. The minimum Gasteiger partial charge on any atom is -0.398 e. The number of nitrogens with one attached hydrogen (secondary N) is 2. The molecule has 0 radical (unpaired) electrons. The highest BCUT2D eigenvalue weighted by Crippen LogP contribution is 2.31. The molecule has 0 bridgehead atoms. The molecule has 8 rings (SSSR count). The van der Waals surface area contributed by atoms with Gasteiger partial charge in [-0.1, -0.05) is 0 Å². The highest BCUT2D eigenvalue weighted by atomic mass is 16.5. The molecular weight excluding hydrogens is 608 g/mol. The number of aromatic nitrogens is 5. The van der Waals surface area contributed by atoms with E-state index in [-0.39, 0.29) is 12.5 Å². The van der Waals surface area contributed by atoms with Crippen LogP contribution in [0, 0.1) is 0 Å². The maximum atomic E-state index is 13.8. The number of H-pyrrole nitrogens is 2. The number of pyridine rings is 2. The molecule has 248 valence electrons. The molecule has 1 aliphatic carbocycles. The molecule has 0 spiro atoms. The summed E-state index contributed by atoms with van der Waals surface area (Å²) in [7, 11) is 0. The van der Waals surface area contributed by atoms with E-state index in [1.54, 1.807) is 35.6 Å². The number of piperazine rings is 1. The number of hydrogen-bond acceptors (Lipinski definition) is 9. The number of aliphatic imine (C=N–C) groups is 1. The Labute approximate surface area is 278 Å². The summed E-state index contributed by atoms with van der Waals surface area (Å²) >= 11 is 0. The Bertz CT molecular complexity index is 1850. The minimum atomic E-state index is -0.309. The Balaban J connectivity index is 1.05. The van der Waals surface area contributed by atoms with Crippen molar-refractivity contribution in [1.29, 1.82) is 0 Å². The van der Waals surface area contributed by atoms with Gasteiger partial charge in [-0.15, -0.1) is 0 Å². The lowest BCUT2D eigenvalue weighted by molar-refractivity contribution is -0.364. The third-order valence-corrected chi connectivity index (χ3v) is 10.1. The number of nitrogens with zero attached hydrogens (tertiary/aromatic N) is 7. The second kappa shape index (κ2) is 13.0. The van der Waals surface area contributed by atoms with E-state index in [1.165, 1.54) is 11.3 Å². The minimum absolute atomic E-state index is 0.0801. The van der Waals surface area contributed by atoms with Gasteiger partial charge in [-0.2, -0.15) is 4.90 Å². The van der Waals surface area contributed by atoms with Crippen LogP contribution in [0.25, 0.3) is 5.70 Å². The molecule has 13 heteroatoms. The van der Waals surface area contributed by atoms with E-state index < -0.39 is 0 Å². The van der Waals surface area contributed by atoms with Crippen molar-refractivity contribution in [2.45, 2.75) is 44.9 Å². The van der Waals surface area contributed by atoms with Crippen molar-refractivity contribution in [3.8, 4) is 0 Å². The fourth-order valence-electron chi connectivity index (χ4n) is 7.36. The fraction of sp³-hybridized carbons (Fsp3) is 0.400. The predicted octanol–water partition coefficient (Wildman–Crippen LogP) is 2.09. The van der Waals surface area contributed by atoms with Crippen LogP contribution in [0.2, 0.25) is 0 Å². The Morgan fingerprint density at radius 2 is 1.96 bits per heavy atom. The molecule has 0 aromatic carbocycles. The van der Waals surface area contributed by atoms with E-state index in [0.29, 0.717) is 64.8 Å². The Kier molecular flexibility index (Phi) is 8.24. The number of fused-ring (bicyclic) bond motifs is 3. The molecule has 3 aliphatic heterocycles. The van der Waals surface area contributed by atoms with Gasteiger partial charge in [0.1, 0.15) is 18.0 Å². The summed E-state index contributed by atoms with van der Waals surface area (Å²) in [5, 5.41) is 10.6. The number of amides is 1. The highest BCUT2D eigenvalue weighted by Gasteiger charge is 2.37. The van der Waals surface area contributed by atoms with Gasteiger partial charge >= 0.3 is 5.91 Å². The molecule has 0 saturated carbocycles. The van der Waals surface area contributed by atoms with E-state index >= 15 is 0 Å². The first-order valence-corrected chi connectivity index (χ1v) is 16.8. The number of ether oxygens (including phenoxy) is 1. The van der Waals surface area contributed by atoms with Gasteiger partial charge < -0.3 is 30.0 Å². The van der Waals surface area contributed by atoms with Gasteiger partial charge in [-0.3, -0.25) is 4.90 Å². The second-order valence-electron chi connectivity index (χ2n) is 12.8. The Hall–Kier alpha value is -4.85. The van der Waals surface area contributed by atoms with Crippen molar-refractivity contribution in [3.05, 3.63) is 89.0 Å². The van der Waals surface area contributed by atoms with Gasteiger partial charge in [0.2, 0.25) is 0 Å². The zero-order valence-corrected chi connectivity index (χ0v) is 26.9. The van der Waals surface area contributed by atoms with E-state index in [1.807, 2.05) is 18.3 Å². The second-order valence-corrected chi connectivity index (χ2v) is 12.8. The lowest BCUT2D eigenvalue weighted by Crippen LogP contribution is -2.56. The first-order valence-electron chi connectivity index (χ1n) is 16.8. The average Bonchev–Trinajstić information content (AvgIpc) is 3.77. The number of aliphatic hydroxyl groups is 1. The van der Waals surface area contributed by atoms with E-state index in [4.69, 9.17) is 15.5 Å². The number of aromatic amines is 2. The number of anilines is 2. The van der Waals surface area contributed by atoms with Gasteiger partial charge in [0, 0.05) is 55.5 Å². The normalized spacial score (nSPS) is 19.3. The summed E-state index contributed by atoms with van der Waals surface area (Å²) in [6.45, 7) is 6.48. The third kappa shape index (κ3) is 5.67. The standard InChI is InChI=1S/C35H40N10O3/c36-28(26-7-8-39-34(27(26)20-46)45-16-15-44-30-4-2-1-3-23(30)17-31(44)35(45)47)18-29(33-37-9-10-38-33)41-32-6-5-24(19-40-32)42-11-13-43(14-12-42)25-21-48-22-25/h5-10,17-19,25,46H,1-4,11-16,20-22,36H2,(H,37,38)/p+1. The van der Waals surface area contributed by atoms with Crippen molar-refractivity contribution >= 4 is 34.6 Å². The summed E-state index contributed by atoms with van der Waals surface area (Å²) in [6.07, 6.45) is 13.1. The lowest BCUT2D eigenvalue weighted by Gasteiger charge is -2.43. The number of carbonyl (C=O) groups is 1. The molecule has 2 fully saturated rings. The SMILES string of the molecule is NC(=CC(=Nc1ccc(N2CCN(C3COC3)CC2)cn1)c1ncc[nH]1)c1cc[nH+]c(N2CCn3c(cc4c3CCCC4)C2=O)c1CO. The largest absolute Gasteiger partial charge is 0.398 e. The molecule has 0 unspecified atom stereocenters. The van der Waals surface area contributed by atoms with Crippen molar-refractivity contribution < 1.29 is 19.6 Å². The number of nitrogens with two attached hydrogens (primary N) is 1. The van der Waals surface area contributed by atoms with E-state index in [0.717, 1.165) is 70.8 Å². The molecule has 13 nitrogen and oxygen atoms in total. The van der Waals surface area contributed by atoms with Crippen LogP contribution in [0.5, 0.6) is 0 Å². The lowest BCUT2D eigenvalue weighted by atomic mass is 9.98. The van der Waals surface area contributed by atoms with Crippen LogP contribution in [-0.2, 0) is 30.7 Å². The van der Waals surface area contributed by atoms with Crippen LogP contribution in [0.3, 0.4) is 0 Å². The molecule has 2 saturated heterocycles. The fourth-order valence-corrected chi connectivity index (χ4v) is 7.36. The molecular formula is C35H41N10O3+. The third-order valence-electron chi connectivity index (χ3n) is 10.1. The first-order chi connectivity index (χ1) is 23.6. The van der Waals surface area contributed by atoms with Crippen LogP contribution in [0.15, 0.2) is 60.1 Å². The molecule has 4 aromatic heterocycles. The highest BCUT2D eigenvalue weighted by molar-refractivity contribution is 6.11. The molecule has 48 heavy (non-hydrogen) atoms. The number of hydrogen-bond donors (Lipinski definition) is 3. The summed E-state index contributed by atoms with van der Waals surface area (Å²) in [5.74, 6) is 1.51. The summed E-state index contributed by atoms with van der Waals surface area (Å²) in [6, 6.07) is 8.37. The molecule has 1 amide bonds. The molecule has 7 heterocycles. The number of allylic oxidation sites excluding steroid dienone is 1. The van der Waals surface area contributed by atoms with Crippen LogP contribution >= 0.6 is 0 Å². The molecule has 0 atom stereocenters. The average molecular weight is 650 g/mol. The maximum absolute atomic E-state index is 13.8. The zero-order chi connectivity index (χ0) is 32.6. The van der Waals surface area contributed by atoms with Gasteiger partial charge in [0.15, 0.2) is 11.6 Å². The number of aliphatic hydroxyl groups excluding tert-OH is 1. The quantitative estimate of drug-likeness (QED) is 0.245. The number of aryl methyl sites for hydroxylation is 1. The van der Waals surface area contributed by atoms with Gasteiger partial charge in [-0.25, -0.2) is 24.7 Å². The van der Waals surface area contributed by atoms with Crippen LogP contribution in [0.4, 0.5) is 17.3 Å². The summed E-state index contributed by atoms with van der Waals surface area (Å²) in [4.78, 5) is 40.6. The smallest absolute Gasteiger partial charge is 0.357 e. The van der Waals surface area contributed by atoms with Gasteiger partial charge in [0.05, 0.1) is 56.1 Å². The summed E-state index contributed by atoms with van der Waals surface area (Å²) in [5.41, 5.74) is 13.1. The topological polar surface area (TPSA) is 155 Å². The predicted molar refractivity (Wildman–Crippen MR) is 181 cm³/mol. The van der Waals surface area contributed by atoms with Crippen LogP contribution in [0.1, 0.15) is 51.5 Å². The summed E-state index contributed by atoms with van der Waals surface area (Å²) < 4.78 is 7.55. The van der Waals surface area contributed by atoms with Crippen molar-refractivity contribution in [2.24, 2.45) is 10.7 Å². The molecule has 4 aliphatic rings. The van der Waals surface area contributed by atoms with Gasteiger partial charge in [-0.05, 0) is 61.6 Å². The van der Waals surface area contributed by atoms with E-state index in [9.17, 15) is 9.90 Å². The van der Waals surface area contributed by atoms with Crippen LogP contribution < -0.4 is 20.5 Å². The first kappa shape index (κ1) is 30.5. The van der Waals surface area contributed by atoms with Crippen molar-refractivity contribution in [3.63, 3.8) is 0 Å². The van der Waals surface area contributed by atoms with Crippen LogP contribution in [-0.4, -0.2) is 93.1 Å². The van der Waals surface area contributed by atoms with E-state index in [2.05, 4.69) is 40.4 Å². The van der Waals surface area contributed by atoms with Gasteiger partial charge in [0.25, 0.3) is 5.82 Å². The molecule has 5 N–H and O–H groups in total. The monoisotopic (exact) mass is 649 g/mol. The molecule has 4 aromatic rings. The van der Waals surface area contributed by atoms with Crippen molar-refractivity contribution in [2.75, 3.05) is 55.7 Å². The zero-order valence-electron chi connectivity index (χ0n) is 26.9. The number of imidazole rings is 1. The Morgan fingerprint density at radius 3 is 2.69 bits per heavy atom. The van der Waals surface area contributed by atoms with Crippen molar-refractivity contribution in [1.82, 2.24) is 24.4 Å². The maximum Gasteiger partial charge on any atom is 0.357 e. The Morgan fingerprint density at radius 1 is 1.10 bits per heavy atom. The number of carbonyl (C=O) groups excluding carboxylic acids is 1.